The zero-order valence-electron chi connectivity index (χ0n) is 17.2. The third kappa shape index (κ3) is 4.97. The van der Waals surface area contributed by atoms with Gasteiger partial charge in [-0.3, -0.25) is 14.5 Å². The van der Waals surface area contributed by atoms with Crippen molar-refractivity contribution in [2.45, 2.75) is 57.5 Å². The Bertz CT molecular complexity index is 733. The van der Waals surface area contributed by atoms with Crippen LogP contribution in [0.15, 0.2) is 24.3 Å². The molecule has 3 aliphatic heterocycles. The summed E-state index contributed by atoms with van der Waals surface area (Å²) in [7, 11) is 0. The number of likely N-dealkylation sites (tertiary alicyclic amines) is 3. The Morgan fingerprint density at radius 1 is 1.07 bits per heavy atom. The first-order valence-corrected chi connectivity index (χ1v) is 11.1. The number of fused-ring (bicyclic) bond motifs is 1. The zero-order valence-corrected chi connectivity index (χ0v) is 17.2. The minimum atomic E-state index is -0.276. The van der Waals surface area contributed by atoms with E-state index < -0.39 is 0 Å². The Hall–Kier alpha value is -1.95. The molecule has 0 N–H and O–H groups in total. The van der Waals surface area contributed by atoms with Crippen molar-refractivity contribution in [1.29, 1.82) is 0 Å². The summed E-state index contributed by atoms with van der Waals surface area (Å²) >= 11 is 0. The van der Waals surface area contributed by atoms with Gasteiger partial charge in [0, 0.05) is 26.1 Å². The van der Waals surface area contributed by atoms with Crippen LogP contribution in [0.4, 0.5) is 4.39 Å². The van der Waals surface area contributed by atoms with Gasteiger partial charge in [-0.15, -0.1) is 0 Å². The second-order valence-electron chi connectivity index (χ2n) is 8.86. The standard InChI is InChI=1S/C23H32FN3O2/c24-20-9-5-7-18(13-20)14-27-21-16-26(15-19(21)8-6-10-22(27)28)23(29)17-25-11-3-1-2-4-12-25/h5,7,9,13,19,21H,1-4,6,8,10-12,14-17H2/t19-,21+/m1/s1. The third-order valence-corrected chi connectivity index (χ3v) is 6.74. The van der Waals surface area contributed by atoms with Crippen LogP contribution in [0.5, 0.6) is 0 Å². The fourth-order valence-electron chi connectivity index (χ4n) is 5.16. The van der Waals surface area contributed by atoms with Crippen molar-refractivity contribution in [3.63, 3.8) is 0 Å². The molecule has 1 aromatic carbocycles. The first kappa shape index (κ1) is 20.3. The lowest BCUT2D eigenvalue weighted by molar-refractivity contribution is -0.135. The highest BCUT2D eigenvalue weighted by Gasteiger charge is 2.41. The first-order valence-electron chi connectivity index (χ1n) is 11.1. The molecule has 3 heterocycles. The van der Waals surface area contributed by atoms with Crippen molar-refractivity contribution in [2.24, 2.45) is 5.92 Å². The summed E-state index contributed by atoms with van der Waals surface area (Å²) in [5.41, 5.74) is 0.813. The van der Waals surface area contributed by atoms with Crippen LogP contribution in [0.2, 0.25) is 0 Å². The molecule has 1 aromatic rings. The minimum Gasteiger partial charge on any atom is -0.339 e. The molecule has 5 nitrogen and oxygen atoms in total. The molecule has 3 fully saturated rings. The van der Waals surface area contributed by atoms with Gasteiger partial charge in [0.05, 0.1) is 12.6 Å². The molecule has 0 bridgehead atoms. The maximum absolute atomic E-state index is 13.6. The number of nitrogens with zero attached hydrogens (tertiary/aromatic N) is 3. The molecule has 6 heteroatoms. The number of carbonyl (C=O) groups is 2. The van der Waals surface area contributed by atoms with Gasteiger partial charge in [-0.2, -0.15) is 0 Å². The minimum absolute atomic E-state index is 0.0429. The van der Waals surface area contributed by atoms with Gasteiger partial charge in [-0.05, 0) is 62.4 Å². The molecule has 0 spiro atoms. The van der Waals surface area contributed by atoms with E-state index in [-0.39, 0.29) is 23.7 Å². The van der Waals surface area contributed by atoms with E-state index >= 15 is 0 Å². The SMILES string of the molecule is O=C(CN1CCCCCC1)N1C[C@H]2CCCC(=O)N(Cc3cccc(F)c3)[C@H]2C1. The fraction of sp³-hybridized carbons (Fsp3) is 0.652. The summed E-state index contributed by atoms with van der Waals surface area (Å²) in [6, 6.07) is 6.53. The molecule has 4 rings (SSSR count). The van der Waals surface area contributed by atoms with E-state index in [1.54, 1.807) is 6.07 Å². The second-order valence-corrected chi connectivity index (χ2v) is 8.86. The highest BCUT2D eigenvalue weighted by Crippen LogP contribution is 2.32. The van der Waals surface area contributed by atoms with E-state index in [9.17, 15) is 14.0 Å². The Morgan fingerprint density at radius 3 is 2.62 bits per heavy atom. The van der Waals surface area contributed by atoms with Crippen LogP contribution in [0.1, 0.15) is 50.5 Å². The van der Waals surface area contributed by atoms with E-state index in [4.69, 9.17) is 0 Å². The molecule has 2 atom stereocenters. The lowest BCUT2D eigenvalue weighted by Crippen LogP contribution is -2.44. The number of benzene rings is 1. The number of carbonyl (C=O) groups excluding carboxylic acids is 2. The first-order chi connectivity index (χ1) is 14.1. The zero-order chi connectivity index (χ0) is 20.2. The van der Waals surface area contributed by atoms with Gasteiger partial charge >= 0.3 is 0 Å². The van der Waals surface area contributed by atoms with Crippen molar-refractivity contribution >= 4 is 11.8 Å². The largest absolute Gasteiger partial charge is 0.339 e. The van der Waals surface area contributed by atoms with Crippen LogP contribution in [0.25, 0.3) is 0 Å². The molecule has 3 saturated heterocycles. The molecule has 2 amide bonds. The molecular formula is C23H32FN3O2. The maximum Gasteiger partial charge on any atom is 0.236 e. The number of amides is 2. The van der Waals surface area contributed by atoms with E-state index in [0.29, 0.717) is 32.0 Å². The number of rotatable bonds is 4. The number of halogens is 1. The highest BCUT2D eigenvalue weighted by atomic mass is 19.1. The van der Waals surface area contributed by atoms with Gasteiger partial charge in [0.1, 0.15) is 5.82 Å². The Labute approximate surface area is 172 Å². The van der Waals surface area contributed by atoms with Crippen molar-refractivity contribution in [3.8, 4) is 0 Å². The molecule has 29 heavy (non-hydrogen) atoms. The van der Waals surface area contributed by atoms with Crippen molar-refractivity contribution in [2.75, 3.05) is 32.7 Å². The lowest BCUT2D eigenvalue weighted by atomic mass is 9.98. The van der Waals surface area contributed by atoms with Crippen LogP contribution < -0.4 is 0 Å². The lowest BCUT2D eigenvalue weighted by Gasteiger charge is -2.30. The van der Waals surface area contributed by atoms with Crippen LogP contribution >= 0.6 is 0 Å². The van der Waals surface area contributed by atoms with E-state index in [1.165, 1.54) is 37.8 Å². The topological polar surface area (TPSA) is 43.9 Å². The normalized spacial score (nSPS) is 26.2. The fourth-order valence-corrected chi connectivity index (χ4v) is 5.16. The second kappa shape index (κ2) is 9.24. The number of hydrogen-bond donors (Lipinski definition) is 0. The van der Waals surface area contributed by atoms with Crippen LogP contribution in [-0.2, 0) is 16.1 Å². The summed E-state index contributed by atoms with van der Waals surface area (Å²) in [5.74, 6) is 0.367. The molecule has 0 radical (unpaired) electrons. The Balaban J connectivity index is 1.43. The average molecular weight is 402 g/mol. The number of hydrogen-bond acceptors (Lipinski definition) is 3. The van der Waals surface area contributed by atoms with Crippen LogP contribution in [0.3, 0.4) is 0 Å². The van der Waals surface area contributed by atoms with Crippen molar-refractivity contribution < 1.29 is 14.0 Å². The molecular weight excluding hydrogens is 369 g/mol. The molecule has 0 aromatic heterocycles. The van der Waals surface area contributed by atoms with Crippen LogP contribution in [-0.4, -0.2) is 65.3 Å². The van der Waals surface area contributed by atoms with Gasteiger partial charge in [-0.1, -0.05) is 25.0 Å². The molecule has 3 aliphatic rings. The highest BCUT2D eigenvalue weighted by molar-refractivity contribution is 5.80. The smallest absolute Gasteiger partial charge is 0.236 e. The van der Waals surface area contributed by atoms with Crippen LogP contribution in [0, 0.1) is 11.7 Å². The quantitative estimate of drug-likeness (QED) is 0.779. The van der Waals surface area contributed by atoms with E-state index in [0.717, 1.165) is 38.0 Å². The molecule has 0 unspecified atom stereocenters. The van der Waals surface area contributed by atoms with Gasteiger partial charge in [0.15, 0.2) is 0 Å². The van der Waals surface area contributed by atoms with Crippen molar-refractivity contribution in [1.82, 2.24) is 14.7 Å². The monoisotopic (exact) mass is 401 g/mol. The third-order valence-electron chi connectivity index (χ3n) is 6.74. The Morgan fingerprint density at radius 2 is 1.86 bits per heavy atom. The van der Waals surface area contributed by atoms with Gasteiger partial charge in [0.2, 0.25) is 11.8 Å². The summed E-state index contributed by atoms with van der Waals surface area (Å²) in [4.78, 5) is 31.9. The van der Waals surface area contributed by atoms with Gasteiger partial charge < -0.3 is 9.80 Å². The summed E-state index contributed by atoms with van der Waals surface area (Å²) < 4.78 is 13.6. The predicted octanol–water partition coefficient (Wildman–Crippen LogP) is 3.04. The van der Waals surface area contributed by atoms with Crippen molar-refractivity contribution in [3.05, 3.63) is 35.6 Å². The van der Waals surface area contributed by atoms with E-state index in [2.05, 4.69) is 4.90 Å². The molecule has 0 aliphatic carbocycles. The summed E-state index contributed by atoms with van der Waals surface area (Å²) in [5, 5.41) is 0. The molecule has 158 valence electrons. The average Bonchev–Trinajstić information content (AvgIpc) is 2.86. The molecule has 0 saturated carbocycles. The van der Waals surface area contributed by atoms with E-state index in [1.807, 2.05) is 15.9 Å². The van der Waals surface area contributed by atoms with Gasteiger partial charge in [0.25, 0.3) is 0 Å². The Kier molecular flexibility index (Phi) is 6.48. The summed E-state index contributed by atoms with van der Waals surface area (Å²) in [6.45, 7) is 4.29. The summed E-state index contributed by atoms with van der Waals surface area (Å²) in [6.07, 6.45) is 7.26. The van der Waals surface area contributed by atoms with Gasteiger partial charge in [-0.25, -0.2) is 4.39 Å². The predicted molar refractivity (Wildman–Crippen MR) is 110 cm³/mol. The maximum atomic E-state index is 13.6.